The molecule has 0 aromatic carbocycles. The lowest BCUT2D eigenvalue weighted by Gasteiger charge is -2.07. The number of ether oxygens (including phenoxy) is 3. The van der Waals surface area contributed by atoms with Gasteiger partial charge in [-0.2, -0.15) is 0 Å². The van der Waals surface area contributed by atoms with E-state index in [1.54, 1.807) is 6.92 Å². The summed E-state index contributed by atoms with van der Waals surface area (Å²) in [7, 11) is 0. The highest BCUT2D eigenvalue weighted by atomic mass is 16.5. The van der Waals surface area contributed by atoms with Crippen molar-refractivity contribution in [2.75, 3.05) is 59.3 Å². The first-order valence-electron chi connectivity index (χ1n) is 8.80. The van der Waals surface area contributed by atoms with Gasteiger partial charge in [0, 0.05) is 32.6 Å². The summed E-state index contributed by atoms with van der Waals surface area (Å²) in [6.45, 7) is 6.57. The zero-order chi connectivity index (χ0) is 18.6. The first kappa shape index (κ1) is 23.6. The Kier molecular flexibility index (Phi) is 18.0. The number of hydrogen-bond donors (Lipinski definition) is 2. The van der Waals surface area contributed by atoms with E-state index in [4.69, 9.17) is 14.2 Å². The quantitative estimate of drug-likeness (QED) is 0.249. The normalized spacial score (nSPS) is 10.6. The van der Waals surface area contributed by atoms with Gasteiger partial charge in [-0.15, -0.1) is 0 Å². The van der Waals surface area contributed by atoms with Crippen molar-refractivity contribution in [3.05, 3.63) is 0 Å². The van der Waals surface area contributed by atoms with Crippen LogP contribution in [0.2, 0.25) is 0 Å². The lowest BCUT2D eigenvalue weighted by atomic mass is 10.3. The first-order valence-corrected chi connectivity index (χ1v) is 8.80. The molecule has 0 aliphatic heterocycles. The summed E-state index contributed by atoms with van der Waals surface area (Å²) in [4.78, 5) is 32.0. The Labute approximate surface area is 150 Å². The minimum Gasteiger partial charge on any atom is -0.379 e. The maximum atomic E-state index is 11.2. The summed E-state index contributed by atoms with van der Waals surface area (Å²) in [5, 5.41) is 5.74. The molecule has 0 saturated carbocycles. The van der Waals surface area contributed by atoms with Crippen LogP contribution in [0.3, 0.4) is 0 Å². The molecule has 0 aromatic rings. The molecule has 0 fully saturated rings. The van der Waals surface area contributed by atoms with E-state index in [0.717, 1.165) is 25.7 Å². The van der Waals surface area contributed by atoms with Gasteiger partial charge in [-0.05, 0) is 26.3 Å². The number of Topliss-reactive ketones (excluding diaryl/α,β-unsaturated/α-hetero) is 1. The molecule has 8 nitrogen and oxygen atoms in total. The van der Waals surface area contributed by atoms with Crippen molar-refractivity contribution < 1.29 is 28.6 Å². The van der Waals surface area contributed by atoms with Gasteiger partial charge in [0.2, 0.25) is 5.91 Å². The molecule has 1 amide bonds. The number of aldehydes is 1. The molecule has 8 heteroatoms. The predicted octanol–water partition coefficient (Wildman–Crippen LogP) is 0.0903. The molecule has 0 radical (unpaired) electrons. The van der Waals surface area contributed by atoms with Crippen molar-refractivity contribution in [3.63, 3.8) is 0 Å². The number of ketones is 1. The fraction of sp³-hybridized carbons (Fsp3) is 0.824. The van der Waals surface area contributed by atoms with E-state index < -0.39 is 0 Å². The standard InChI is InChI=1S/C17H32N2O6/c1-16(21)15-18-6-3-9-23-11-13-25-14-12-24-10-4-7-19-17(22)5-2-8-20/h8,18H,2-7,9-15H2,1H3,(H,19,22). The Hall–Kier alpha value is -1.35. The number of hydrogen-bond acceptors (Lipinski definition) is 7. The third kappa shape index (κ3) is 20.6. The van der Waals surface area contributed by atoms with Crippen LogP contribution in [0.25, 0.3) is 0 Å². The van der Waals surface area contributed by atoms with E-state index in [9.17, 15) is 14.4 Å². The second-order valence-electron chi connectivity index (χ2n) is 5.48. The Bertz CT molecular complexity index is 352. The number of nitrogens with one attached hydrogen (secondary N) is 2. The minimum atomic E-state index is -0.106. The van der Waals surface area contributed by atoms with Gasteiger partial charge in [-0.25, -0.2) is 0 Å². The van der Waals surface area contributed by atoms with Crippen molar-refractivity contribution in [2.24, 2.45) is 0 Å². The van der Waals surface area contributed by atoms with Gasteiger partial charge in [0.15, 0.2) is 0 Å². The molecule has 0 unspecified atom stereocenters. The van der Waals surface area contributed by atoms with Gasteiger partial charge in [0.25, 0.3) is 0 Å². The van der Waals surface area contributed by atoms with Crippen LogP contribution in [-0.4, -0.2) is 77.3 Å². The third-order valence-electron chi connectivity index (χ3n) is 3.04. The summed E-state index contributed by atoms with van der Waals surface area (Å²) in [5.41, 5.74) is 0. The third-order valence-corrected chi connectivity index (χ3v) is 3.04. The summed E-state index contributed by atoms with van der Waals surface area (Å²) >= 11 is 0. The molecular formula is C17H32N2O6. The summed E-state index contributed by atoms with van der Waals surface area (Å²) in [6, 6.07) is 0. The van der Waals surface area contributed by atoms with Gasteiger partial charge in [0.1, 0.15) is 12.1 Å². The smallest absolute Gasteiger partial charge is 0.220 e. The molecular weight excluding hydrogens is 328 g/mol. The van der Waals surface area contributed by atoms with Crippen LogP contribution in [-0.2, 0) is 28.6 Å². The van der Waals surface area contributed by atoms with Crippen LogP contribution in [0.15, 0.2) is 0 Å². The van der Waals surface area contributed by atoms with Crippen molar-refractivity contribution >= 4 is 18.0 Å². The van der Waals surface area contributed by atoms with Crippen LogP contribution in [0, 0.1) is 0 Å². The molecule has 0 spiro atoms. The Morgan fingerprint density at radius 1 is 0.880 bits per heavy atom. The SMILES string of the molecule is CC(=O)CNCCCOCCOCCOCCCNC(=O)CCC=O. The fourth-order valence-electron chi connectivity index (χ4n) is 1.79. The zero-order valence-electron chi connectivity index (χ0n) is 15.2. The minimum absolute atomic E-state index is 0.106. The number of rotatable bonds is 19. The van der Waals surface area contributed by atoms with Gasteiger partial charge in [-0.1, -0.05) is 0 Å². The highest BCUT2D eigenvalue weighted by Gasteiger charge is 1.99. The van der Waals surface area contributed by atoms with E-state index in [-0.39, 0.29) is 24.5 Å². The first-order chi connectivity index (χ1) is 12.2. The Morgan fingerprint density at radius 2 is 1.44 bits per heavy atom. The van der Waals surface area contributed by atoms with Gasteiger partial charge >= 0.3 is 0 Å². The Morgan fingerprint density at radius 3 is 2.00 bits per heavy atom. The van der Waals surface area contributed by atoms with Crippen molar-refractivity contribution in [1.82, 2.24) is 10.6 Å². The van der Waals surface area contributed by atoms with Gasteiger partial charge in [-0.3, -0.25) is 9.59 Å². The molecule has 0 saturated heterocycles. The zero-order valence-corrected chi connectivity index (χ0v) is 15.2. The predicted molar refractivity (Wildman–Crippen MR) is 93.5 cm³/mol. The largest absolute Gasteiger partial charge is 0.379 e. The number of carbonyl (C=O) groups excluding carboxylic acids is 3. The van der Waals surface area contributed by atoms with Crippen molar-refractivity contribution in [2.45, 2.75) is 32.6 Å². The monoisotopic (exact) mass is 360 g/mol. The highest BCUT2D eigenvalue weighted by Crippen LogP contribution is 1.87. The fourth-order valence-corrected chi connectivity index (χ4v) is 1.79. The molecule has 146 valence electrons. The molecule has 2 N–H and O–H groups in total. The molecule has 0 bridgehead atoms. The maximum absolute atomic E-state index is 11.2. The van der Waals surface area contributed by atoms with E-state index in [0.29, 0.717) is 52.7 Å². The second kappa shape index (κ2) is 19.0. The van der Waals surface area contributed by atoms with Crippen LogP contribution >= 0.6 is 0 Å². The lowest BCUT2D eigenvalue weighted by molar-refractivity contribution is -0.122. The summed E-state index contributed by atoms with van der Waals surface area (Å²) in [5.74, 6) is 0.0287. The number of amides is 1. The van der Waals surface area contributed by atoms with E-state index in [1.165, 1.54) is 0 Å². The molecule has 25 heavy (non-hydrogen) atoms. The number of carbonyl (C=O) groups is 3. The highest BCUT2D eigenvalue weighted by molar-refractivity contribution is 5.78. The van der Waals surface area contributed by atoms with Crippen LogP contribution in [0.1, 0.15) is 32.6 Å². The molecule has 0 aliphatic rings. The van der Waals surface area contributed by atoms with E-state index in [2.05, 4.69) is 10.6 Å². The van der Waals surface area contributed by atoms with E-state index >= 15 is 0 Å². The molecule has 0 aliphatic carbocycles. The van der Waals surface area contributed by atoms with Crippen molar-refractivity contribution in [1.29, 1.82) is 0 Å². The van der Waals surface area contributed by atoms with E-state index in [1.807, 2.05) is 0 Å². The maximum Gasteiger partial charge on any atom is 0.220 e. The Balaban J connectivity index is 3.08. The summed E-state index contributed by atoms with van der Waals surface area (Å²) < 4.78 is 16.1. The van der Waals surface area contributed by atoms with Crippen LogP contribution in [0.4, 0.5) is 0 Å². The topological polar surface area (TPSA) is 103 Å². The molecule has 0 rings (SSSR count). The second-order valence-corrected chi connectivity index (χ2v) is 5.48. The van der Waals surface area contributed by atoms with Crippen LogP contribution < -0.4 is 10.6 Å². The molecule has 0 heterocycles. The summed E-state index contributed by atoms with van der Waals surface area (Å²) in [6.07, 6.45) is 2.84. The van der Waals surface area contributed by atoms with Crippen molar-refractivity contribution in [3.8, 4) is 0 Å². The lowest BCUT2D eigenvalue weighted by Crippen LogP contribution is -2.25. The molecule has 0 atom stereocenters. The van der Waals surface area contributed by atoms with Gasteiger partial charge in [0.05, 0.1) is 33.0 Å². The average molecular weight is 360 g/mol. The average Bonchev–Trinajstić information content (AvgIpc) is 2.59. The van der Waals surface area contributed by atoms with Crippen LogP contribution in [0.5, 0.6) is 0 Å². The molecule has 0 aromatic heterocycles. The van der Waals surface area contributed by atoms with Gasteiger partial charge < -0.3 is 29.6 Å².